The fourth-order valence-electron chi connectivity index (χ4n) is 1.35. The van der Waals surface area contributed by atoms with Crippen LogP contribution in [0.15, 0.2) is 30.3 Å². The van der Waals surface area contributed by atoms with Crippen LogP contribution in [0.1, 0.15) is 19.4 Å². The van der Waals surface area contributed by atoms with Gasteiger partial charge in [0.1, 0.15) is 0 Å². The Labute approximate surface area is 85.1 Å². The van der Waals surface area contributed by atoms with Crippen molar-refractivity contribution in [2.24, 2.45) is 0 Å². The van der Waals surface area contributed by atoms with Crippen LogP contribution in [0, 0.1) is 0 Å². The van der Waals surface area contributed by atoms with Crippen LogP contribution in [-0.2, 0) is 5.41 Å². The Morgan fingerprint density at radius 2 is 1.85 bits per heavy atom. The third-order valence-corrected chi connectivity index (χ3v) is 2.41. The van der Waals surface area contributed by atoms with Gasteiger partial charge in [0.25, 0.3) is 0 Å². The van der Waals surface area contributed by atoms with Gasteiger partial charge in [-0.05, 0) is 5.56 Å². The smallest absolute Gasteiger partial charge is 0.0713 e. The fraction of sp³-hybridized carbons (Fsp3) is 0.455. The Hall–Kier alpha value is -0.530. The topological polar surface area (TPSA) is 12.0 Å². The number of rotatable bonds is 4. The zero-order chi connectivity index (χ0) is 9.73. The highest BCUT2D eigenvalue weighted by atomic mass is 35.5. The van der Waals surface area contributed by atoms with Crippen molar-refractivity contribution in [2.45, 2.75) is 19.3 Å². The van der Waals surface area contributed by atoms with Gasteiger partial charge in [-0.3, -0.25) is 0 Å². The molecule has 1 aromatic rings. The van der Waals surface area contributed by atoms with Crippen molar-refractivity contribution in [3.63, 3.8) is 0 Å². The van der Waals surface area contributed by atoms with E-state index in [4.69, 9.17) is 11.6 Å². The normalized spacial score (nSPS) is 11.6. The highest BCUT2D eigenvalue weighted by Gasteiger charge is 2.18. The van der Waals surface area contributed by atoms with E-state index >= 15 is 0 Å². The van der Waals surface area contributed by atoms with Gasteiger partial charge < -0.3 is 5.32 Å². The Balaban J connectivity index is 2.69. The van der Waals surface area contributed by atoms with Crippen LogP contribution in [-0.4, -0.2) is 12.5 Å². The average molecular weight is 198 g/mol. The average Bonchev–Trinajstić information content (AvgIpc) is 2.16. The third kappa shape index (κ3) is 3.02. The largest absolute Gasteiger partial charge is 0.303 e. The Morgan fingerprint density at radius 3 is 2.38 bits per heavy atom. The van der Waals surface area contributed by atoms with E-state index in [-0.39, 0.29) is 5.41 Å². The number of alkyl halides is 1. The van der Waals surface area contributed by atoms with Gasteiger partial charge in [0, 0.05) is 12.0 Å². The van der Waals surface area contributed by atoms with E-state index < -0.39 is 0 Å². The van der Waals surface area contributed by atoms with E-state index in [9.17, 15) is 0 Å². The lowest BCUT2D eigenvalue weighted by atomic mass is 9.85. The van der Waals surface area contributed by atoms with Crippen LogP contribution in [0.25, 0.3) is 0 Å². The molecule has 0 atom stereocenters. The lowest BCUT2D eigenvalue weighted by molar-refractivity contribution is 0.489. The van der Waals surface area contributed by atoms with E-state index in [0.717, 1.165) is 6.54 Å². The third-order valence-electron chi connectivity index (χ3n) is 2.22. The molecule has 0 heterocycles. The van der Waals surface area contributed by atoms with Crippen LogP contribution in [0.3, 0.4) is 0 Å². The predicted octanol–water partition coefficient (Wildman–Crippen LogP) is 2.75. The van der Waals surface area contributed by atoms with E-state index in [0.29, 0.717) is 6.00 Å². The standard InChI is InChI=1S/C11H16ClN/c1-11(2,8-13-9-12)10-6-4-3-5-7-10/h3-7,13H,8-9H2,1-2H3. The quantitative estimate of drug-likeness (QED) is 0.578. The van der Waals surface area contributed by atoms with Crippen molar-refractivity contribution in [3.8, 4) is 0 Å². The Morgan fingerprint density at radius 1 is 1.23 bits per heavy atom. The monoisotopic (exact) mass is 197 g/mol. The van der Waals surface area contributed by atoms with Gasteiger partial charge in [-0.15, -0.1) is 11.6 Å². The molecule has 72 valence electrons. The molecule has 0 amide bonds. The molecule has 0 saturated heterocycles. The predicted molar refractivity (Wildman–Crippen MR) is 58.2 cm³/mol. The summed E-state index contributed by atoms with van der Waals surface area (Å²) in [5.41, 5.74) is 1.49. The molecule has 0 aliphatic rings. The van der Waals surface area contributed by atoms with Gasteiger partial charge in [0.2, 0.25) is 0 Å². The minimum Gasteiger partial charge on any atom is -0.303 e. The lowest BCUT2D eigenvalue weighted by Gasteiger charge is -2.25. The molecule has 0 spiro atoms. The Bertz CT molecular complexity index is 244. The SMILES string of the molecule is CC(C)(CNCCl)c1ccccc1. The van der Waals surface area contributed by atoms with Gasteiger partial charge in [-0.1, -0.05) is 44.2 Å². The molecular weight excluding hydrogens is 182 g/mol. The summed E-state index contributed by atoms with van der Waals surface area (Å²) in [6.07, 6.45) is 0. The minimum absolute atomic E-state index is 0.149. The summed E-state index contributed by atoms with van der Waals surface area (Å²) in [6, 6.07) is 11.0. The number of nitrogens with one attached hydrogen (secondary N) is 1. The van der Waals surface area contributed by atoms with Crippen molar-refractivity contribution in [2.75, 3.05) is 12.5 Å². The zero-order valence-corrected chi connectivity index (χ0v) is 8.93. The van der Waals surface area contributed by atoms with Crippen LogP contribution in [0.4, 0.5) is 0 Å². The number of hydrogen-bond donors (Lipinski definition) is 1. The molecule has 13 heavy (non-hydrogen) atoms. The number of benzene rings is 1. The summed E-state index contributed by atoms with van der Waals surface area (Å²) in [5.74, 6) is 0. The van der Waals surface area contributed by atoms with Crippen LogP contribution in [0.5, 0.6) is 0 Å². The molecule has 0 unspecified atom stereocenters. The summed E-state index contributed by atoms with van der Waals surface area (Å²) < 4.78 is 0. The first-order chi connectivity index (χ1) is 6.17. The highest BCUT2D eigenvalue weighted by molar-refractivity contribution is 6.17. The van der Waals surface area contributed by atoms with Crippen LogP contribution < -0.4 is 5.32 Å². The summed E-state index contributed by atoms with van der Waals surface area (Å²) in [4.78, 5) is 0. The maximum Gasteiger partial charge on any atom is 0.0713 e. The fourth-order valence-corrected chi connectivity index (χ4v) is 1.45. The second kappa shape index (κ2) is 4.64. The van der Waals surface area contributed by atoms with Crippen molar-refractivity contribution in [1.29, 1.82) is 0 Å². The van der Waals surface area contributed by atoms with Gasteiger partial charge in [0.05, 0.1) is 6.00 Å². The van der Waals surface area contributed by atoms with E-state index in [2.05, 4.69) is 43.4 Å². The summed E-state index contributed by atoms with van der Waals surface area (Å²) in [7, 11) is 0. The summed E-state index contributed by atoms with van der Waals surface area (Å²) in [5, 5.41) is 3.15. The number of hydrogen-bond acceptors (Lipinski definition) is 1. The van der Waals surface area contributed by atoms with Gasteiger partial charge in [-0.2, -0.15) is 0 Å². The molecule has 0 saturated carbocycles. The molecule has 1 rings (SSSR count). The van der Waals surface area contributed by atoms with Gasteiger partial charge >= 0.3 is 0 Å². The highest BCUT2D eigenvalue weighted by Crippen LogP contribution is 2.21. The lowest BCUT2D eigenvalue weighted by Crippen LogP contribution is -2.32. The molecule has 0 fully saturated rings. The molecule has 1 nitrogen and oxygen atoms in total. The zero-order valence-electron chi connectivity index (χ0n) is 8.18. The van der Waals surface area contributed by atoms with Crippen molar-refractivity contribution in [3.05, 3.63) is 35.9 Å². The summed E-state index contributed by atoms with van der Waals surface area (Å²) >= 11 is 5.58. The molecule has 1 N–H and O–H groups in total. The minimum atomic E-state index is 0.149. The van der Waals surface area contributed by atoms with Gasteiger partial charge in [0.15, 0.2) is 0 Å². The van der Waals surface area contributed by atoms with Crippen molar-refractivity contribution < 1.29 is 0 Å². The van der Waals surface area contributed by atoms with Crippen molar-refractivity contribution in [1.82, 2.24) is 5.32 Å². The molecule has 0 aromatic heterocycles. The Kier molecular flexibility index (Phi) is 3.76. The van der Waals surface area contributed by atoms with Crippen molar-refractivity contribution >= 4 is 11.6 Å². The summed E-state index contributed by atoms with van der Waals surface area (Å²) in [6.45, 7) is 5.32. The molecule has 0 aliphatic carbocycles. The molecule has 0 radical (unpaired) electrons. The molecule has 0 aliphatic heterocycles. The maximum atomic E-state index is 5.58. The second-order valence-electron chi connectivity index (χ2n) is 3.81. The molecule has 0 bridgehead atoms. The maximum absolute atomic E-state index is 5.58. The van der Waals surface area contributed by atoms with E-state index in [1.807, 2.05) is 6.07 Å². The number of halogens is 1. The van der Waals surface area contributed by atoms with E-state index in [1.54, 1.807) is 0 Å². The molecule has 1 aromatic carbocycles. The van der Waals surface area contributed by atoms with E-state index in [1.165, 1.54) is 5.56 Å². The van der Waals surface area contributed by atoms with Gasteiger partial charge in [-0.25, -0.2) is 0 Å². The van der Waals surface area contributed by atoms with Crippen LogP contribution in [0.2, 0.25) is 0 Å². The molecular formula is C11H16ClN. The molecule has 2 heteroatoms. The first kappa shape index (κ1) is 10.6. The first-order valence-corrected chi connectivity index (χ1v) is 5.02. The second-order valence-corrected chi connectivity index (χ2v) is 4.08. The van der Waals surface area contributed by atoms with Crippen LogP contribution >= 0.6 is 11.6 Å². The first-order valence-electron chi connectivity index (χ1n) is 4.49.